The number of carbonyl (C=O) groups is 2. The Hall–Kier alpha value is -3.51. The maximum Gasteiger partial charge on any atom is 0.329 e. The van der Waals surface area contributed by atoms with Crippen LogP contribution in [0.5, 0.6) is 0 Å². The lowest BCUT2D eigenvalue weighted by atomic mass is 10.1. The van der Waals surface area contributed by atoms with Crippen molar-refractivity contribution in [3.05, 3.63) is 95.5 Å². The number of rotatable bonds is 6. The van der Waals surface area contributed by atoms with E-state index < -0.39 is 0 Å². The van der Waals surface area contributed by atoms with Crippen molar-refractivity contribution >= 4 is 35.0 Å². The summed E-state index contributed by atoms with van der Waals surface area (Å²) in [7, 11) is 0. The van der Waals surface area contributed by atoms with E-state index >= 15 is 0 Å². The molecule has 4 amide bonds. The van der Waals surface area contributed by atoms with Crippen molar-refractivity contribution in [3.63, 3.8) is 0 Å². The number of para-hydroxylation sites is 2. The molecule has 38 heavy (non-hydrogen) atoms. The highest BCUT2D eigenvalue weighted by atomic mass is 35.5. The molecule has 6 rings (SSSR count). The number of hydrogen-bond acceptors (Lipinski definition) is 2. The van der Waals surface area contributed by atoms with Gasteiger partial charge in [0.2, 0.25) is 0 Å². The normalized spacial score (nSPS) is 20.3. The van der Waals surface area contributed by atoms with Gasteiger partial charge in [-0.15, -0.1) is 0 Å². The second kappa shape index (κ2) is 10.7. The molecule has 2 heterocycles. The molecule has 2 bridgehead atoms. The topological polar surface area (TPSA) is 47.1 Å². The molecule has 2 aliphatic heterocycles. The predicted octanol–water partition coefficient (Wildman–Crippen LogP) is 6.78. The molecular weight excluding hydrogens is 496 g/mol. The zero-order valence-electron chi connectivity index (χ0n) is 21.5. The van der Waals surface area contributed by atoms with Gasteiger partial charge in [-0.1, -0.05) is 60.1 Å². The van der Waals surface area contributed by atoms with E-state index in [1.54, 1.807) is 4.90 Å². The minimum Gasteiger partial charge on any atom is -0.320 e. The third-order valence-electron chi connectivity index (χ3n) is 7.93. The number of hydrogen-bond donors (Lipinski definition) is 0. The second-order valence-electron chi connectivity index (χ2n) is 10.7. The van der Waals surface area contributed by atoms with Crippen molar-refractivity contribution in [1.29, 1.82) is 0 Å². The number of carbonyl (C=O) groups excluding carboxylic acids is 2. The Kier molecular flexibility index (Phi) is 6.98. The van der Waals surface area contributed by atoms with Gasteiger partial charge in [0.15, 0.2) is 0 Å². The molecule has 1 saturated carbocycles. The number of nitrogens with zero attached hydrogens (tertiary/aromatic N) is 4. The maximum absolute atomic E-state index is 14.0. The SMILES string of the molecule is O=C(N1C[C@H]2CC[C@@H](C1)N2C(=O)N(Cc1ccc(Cl)cc1)CC1CC1)N(c1ccccc1)c1ccccc1. The second-order valence-corrected chi connectivity index (χ2v) is 11.2. The Bertz CT molecular complexity index is 1210. The molecule has 0 spiro atoms. The lowest BCUT2D eigenvalue weighted by Crippen LogP contribution is -2.61. The van der Waals surface area contributed by atoms with Gasteiger partial charge in [0, 0.05) is 31.2 Å². The number of likely N-dealkylation sites (tertiary alicyclic amines) is 1. The van der Waals surface area contributed by atoms with Crippen LogP contribution in [0.2, 0.25) is 5.02 Å². The minimum absolute atomic E-state index is 0.0329. The van der Waals surface area contributed by atoms with Crippen LogP contribution in [0.25, 0.3) is 0 Å². The number of fused-ring (bicyclic) bond motifs is 2. The molecular formula is C31H33ClN4O2. The molecule has 3 fully saturated rings. The van der Waals surface area contributed by atoms with Gasteiger partial charge in [-0.05, 0) is 73.6 Å². The summed E-state index contributed by atoms with van der Waals surface area (Å²) in [6, 6.07) is 27.5. The van der Waals surface area contributed by atoms with Crippen LogP contribution in [0.1, 0.15) is 31.2 Å². The van der Waals surface area contributed by atoms with Gasteiger partial charge in [0.05, 0.1) is 23.5 Å². The van der Waals surface area contributed by atoms with Crippen molar-refractivity contribution in [3.8, 4) is 0 Å². The fourth-order valence-corrected chi connectivity index (χ4v) is 5.96. The van der Waals surface area contributed by atoms with E-state index in [-0.39, 0.29) is 24.1 Å². The number of amides is 4. The van der Waals surface area contributed by atoms with Crippen molar-refractivity contribution < 1.29 is 9.59 Å². The summed E-state index contributed by atoms with van der Waals surface area (Å²) in [5.74, 6) is 0.595. The van der Waals surface area contributed by atoms with E-state index in [1.807, 2.05) is 94.7 Å². The van der Waals surface area contributed by atoms with E-state index in [0.29, 0.717) is 30.6 Å². The summed E-state index contributed by atoms with van der Waals surface area (Å²) in [6.45, 7) is 2.47. The average Bonchev–Trinajstić information content (AvgIpc) is 3.73. The van der Waals surface area contributed by atoms with Gasteiger partial charge in [0.25, 0.3) is 0 Å². The van der Waals surface area contributed by atoms with Crippen molar-refractivity contribution in [1.82, 2.24) is 14.7 Å². The van der Waals surface area contributed by atoms with Gasteiger partial charge < -0.3 is 14.7 Å². The molecule has 1 aliphatic carbocycles. The van der Waals surface area contributed by atoms with Crippen LogP contribution < -0.4 is 4.90 Å². The summed E-state index contributed by atoms with van der Waals surface area (Å²) in [4.78, 5) is 35.8. The van der Waals surface area contributed by atoms with Gasteiger partial charge in [-0.3, -0.25) is 4.90 Å². The smallest absolute Gasteiger partial charge is 0.320 e. The van der Waals surface area contributed by atoms with Crippen LogP contribution in [0.4, 0.5) is 21.0 Å². The summed E-state index contributed by atoms with van der Waals surface area (Å²) < 4.78 is 0. The Morgan fingerprint density at radius 3 is 1.82 bits per heavy atom. The van der Waals surface area contributed by atoms with Gasteiger partial charge >= 0.3 is 12.1 Å². The third kappa shape index (κ3) is 5.23. The Morgan fingerprint density at radius 1 is 0.737 bits per heavy atom. The highest BCUT2D eigenvalue weighted by Gasteiger charge is 2.46. The number of piperazine rings is 1. The molecule has 0 unspecified atom stereocenters. The first-order chi connectivity index (χ1) is 18.6. The third-order valence-corrected chi connectivity index (χ3v) is 8.18. The summed E-state index contributed by atoms with van der Waals surface area (Å²) in [5, 5.41) is 0.702. The fourth-order valence-electron chi connectivity index (χ4n) is 5.83. The van der Waals surface area contributed by atoms with E-state index in [1.165, 1.54) is 12.8 Å². The van der Waals surface area contributed by atoms with Crippen LogP contribution in [0.3, 0.4) is 0 Å². The Labute approximate surface area is 229 Å². The molecule has 0 N–H and O–H groups in total. The standard InChI is InChI=1S/C31H33ClN4O2/c32-25-15-13-24(14-16-25)20-33(19-23-11-12-23)30(37)36-28-17-18-29(36)22-34(21-28)31(38)35(26-7-3-1-4-8-26)27-9-5-2-6-10-27/h1-10,13-16,23,28-29H,11-12,17-22H2/t28-,29+. The lowest BCUT2D eigenvalue weighted by Gasteiger charge is -2.44. The van der Waals surface area contributed by atoms with Gasteiger partial charge in [-0.25, -0.2) is 9.59 Å². The van der Waals surface area contributed by atoms with Crippen molar-refractivity contribution in [2.24, 2.45) is 5.92 Å². The summed E-state index contributed by atoms with van der Waals surface area (Å²) >= 11 is 6.09. The van der Waals surface area contributed by atoms with Crippen molar-refractivity contribution in [2.45, 2.75) is 44.3 Å². The van der Waals surface area contributed by atoms with Crippen LogP contribution >= 0.6 is 11.6 Å². The fraction of sp³-hybridized carbons (Fsp3) is 0.355. The highest BCUT2D eigenvalue weighted by Crippen LogP contribution is 2.36. The molecule has 0 aromatic heterocycles. The molecule has 196 valence electrons. The van der Waals surface area contributed by atoms with Crippen LogP contribution in [0.15, 0.2) is 84.9 Å². The largest absolute Gasteiger partial charge is 0.329 e. The number of benzene rings is 3. The highest BCUT2D eigenvalue weighted by molar-refractivity contribution is 6.30. The maximum atomic E-state index is 14.0. The first kappa shape index (κ1) is 24.8. The molecule has 6 nitrogen and oxygen atoms in total. The van der Waals surface area contributed by atoms with Gasteiger partial charge in [0.1, 0.15) is 0 Å². The van der Waals surface area contributed by atoms with Crippen LogP contribution in [-0.4, -0.2) is 58.5 Å². The summed E-state index contributed by atoms with van der Waals surface area (Å²) in [6.07, 6.45) is 4.23. The quantitative estimate of drug-likeness (QED) is 0.354. The molecule has 0 radical (unpaired) electrons. The number of anilines is 2. The van der Waals surface area contributed by atoms with E-state index in [4.69, 9.17) is 11.6 Å². The zero-order valence-corrected chi connectivity index (χ0v) is 22.2. The zero-order chi connectivity index (χ0) is 26.1. The molecule has 2 atom stereocenters. The molecule has 3 aliphatic rings. The lowest BCUT2D eigenvalue weighted by molar-refractivity contribution is 0.0796. The van der Waals surface area contributed by atoms with E-state index in [2.05, 4.69) is 4.90 Å². The first-order valence-electron chi connectivity index (χ1n) is 13.6. The molecule has 2 saturated heterocycles. The van der Waals surface area contributed by atoms with Gasteiger partial charge in [-0.2, -0.15) is 0 Å². The first-order valence-corrected chi connectivity index (χ1v) is 14.0. The predicted molar refractivity (Wildman–Crippen MR) is 151 cm³/mol. The molecule has 3 aromatic carbocycles. The summed E-state index contributed by atoms with van der Waals surface area (Å²) in [5.41, 5.74) is 2.77. The molecule has 3 aromatic rings. The van der Waals surface area contributed by atoms with Crippen LogP contribution in [0, 0.1) is 5.92 Å². The number of halogens is 1. The Balaban J connectivity index is 1.20. The van der Waals surface area contributed by atoms with Crippen molar-refractivity contribution in [2.75, 3.05) is 24.5 Å². The molecule has 7 heteroatoms. The van der Waals surface area contributed by atoms with Crippen LogP contribution in [-0.2, 0) is 6.54 Å². The van der Waals surface area contributed by atoms with E-state index in [0.717, 1.165) is 36.3 Å². The Morgan fingerprint density at radius 2 is 1.29 bits per heavy atom. The monoisotopic (exact) mass is 528 g/mol. The van der Waals surface area contributed by atoms with E-state index in [9.17, 15) is 9.59 Å². The minimum atomic E-state index is -0.0394. The number of urea groups is 2. The average molecular weight is 529 g/mol.